The molecule has 0 saturated carbocycles. The molecule has 0 spiro atoms. The molecule has 3 rings (SSSR count). The SMILES string of the molecule is Cc1cc(-c2noc(CC3CCNCC3)n2)cc(C)c1O. The Morgan fingerprint density at radius 3 is 2.57 bits per heavy atom. The highest BCUT2D eigenvalue weighted by Gasteiger charge is 2.18. The van der Waals surface area contributed by atoms with Gasteiger partial charge in [-0.05, 0) is 69.0 Å². The van der Waals surface area contributed by atoms with Crippen LogP contribution in [-0.2, 0) is 6.42 Å². The average Bonchev–Trinajstić information content (AvgIpc) is 2.94. The molecule has 1 fully saturated rings. The van der Waals surface area contributed by atoms with E-state index in [4.69, 9.17) is 4.52 Å². The van der Waals surface area contributed by atoms with Gasteiger partial charge in [-0.1, -0.05) is 5.16 Å². The molecule has 0 amide bonds. The summed E-state index contributed by atoms with van der Waals surface area (Å²) in [5, 5.41) is 17.3. The van der Waals surface area contributed by atoms with Gasteiger partial charge in [0.25, 0.3) is 0 Å². The molecule has 5 nitrogen and oxygen atoms in total. The molecule has 112 valence electrons. The summed E-state index contributed by atoms with van der Waals surface area (Å²) in [5.74, 6) is 2.27. The van der Waals surface area contributed by atoms with Crippen LogP contribution in [0.1, 0.15) is 29.9 Å². The van der Waals surface area contributed by atoms with Gasteiger partial charge < -0.3 is 14.9 Å². The Morgan fingerprint density at radius 2 is 1.90 bits per heavy atom. The molecule has 0 radical (unpaired) electrons. The molecule has 5 heteroatoms. The lowest BCUT2D eigenvalue weighted by atomic mass is 9.95. The third-order valence-electron chi connectivity index (χ3n) is 4.14. The van der Waals surface area contributed by atoms with Crippen LogP contribution in [0.15, 0.2) is 16.7 Å². The minimum absolute atomic E-state index is 0.331. The maximum Gasteiger partial charge on any atom is 0.227 e. The van der Waals surface area contributed by atoms with Gasteiger partial charge in [-0.2, -0.15) is 4.98 Å². The lowest BCUT2D eigenvalue weighted by molar-refractivity contribution is 0.313. The Hall–Kier alpha value is -1.88. The van der Waals surface area contributed by atoms with Gasteiger partial charge in [0.15, 0.2) is 0 Å². The van der Waals surface area contributed by atoms with E-state index in [1.807, 2.05) is 26.0 Å². The van der Waals surface area contributed by atoms with Crippen LogP contribution in [0.3, 0.4) is 0 Å². The Balaban J connectivity index is 1.78. The summed E-state index contributed by atoms with van der Waals surface area (Å²) in [5.41, 5.74) is 2.55. The largest absolute Gasteiger partial charge is 0.507 e. The zero-order chi connectivity index (χ0) is 14.8. The zero-order valence-electron chi connectivity index (χ0n) is 12.5. The molecule has 2 aromatic rings. The highest BCUT2D eigenvalue weighted by atomic mass is 16.5. The minimum atomic E-state index is 0.331. The number of aromatic hydroxyl groups is 1. The number of aromatic nitrogens is 2. The molecule has 0 unspecified atom stereocenters. The second-order valence-electron chi connectivity index (χ2n) is 5.87. The maximum absolute atomic E-state index is 9.83. The number of hydrogen-bond acceptors (Lipinski definition) is 5. The number of hydrogen-bond donors (Lipinski definition) is 2. The van der Waals surface area contributed by atoms with Crippen LogP contribution in [0.25, 0.3) is 11.4 Å². The molecule has 1 saturated heterocycles. The summed E-state index contributed by atoms with van der Waals surface area (Å²) >= 11 is 0. The third kappa shape index (κ3) is 3.08. The summed E-state index contributed by atoms with van der Waals surface area (Å²) in [6, 6.07) is 3.78. The first-order valence-electron chi connectivity index (χ1n) is 7.47. The summed E-state index contributed by atoms with van der Waals surface area (Å²) in [6.07, 6.45) is 3.18. The van der Waals surface area contributed by atoms with Crippen molar-refractivity contribution in [1.29, 1.82) is 0 Å². The quantitative estimate of drug-likeness (QED) is 0.908. The molecule has 21 heavy (non-hydrogen) atoms. The molecule has 0 aliphatic carbocycles. The average molecular weight is 287 g/mol. The second kappa shape index (κ2) is 5.85. The van der Waals surface area contributed by atoms with E-state index in [1.54, 1.807) is 0 Å². The van der Waals surface area contributed by atoms with Crippen molar-refractivity contribution in [3.63, 3.8) is 0 Å². The van der Waals surface area contributed by atoms with Crippen molar-refractivity contribution in [1.82, 2.24) is 15.5 Å². The highest BCUT2D eigenvalue weighted by Crippen LogP contribution is 2.28. The van der Waals surface area contributed by atoms with Crippen molar-refractivity contribution in [3.8, 4) is 17.1 Å². The molecular formula is C16H21N3O2. The van der Waals surface area contributed by atoms with Gasteiger partial charge in [0.1, 0.15) is 5.75 Å². The first kappa shape index (κ1) is 14.1. The molecule has 0 bridgehead atoms. The van der Waals surface area contributed by atoms with Crippen LogP contribution in [0.2, 0.25) is 0 Å². The lowest BCUT2D eigenvalue weighted by Gasteiger charge is -2.20. The van der Waals surface area contributed by atoms with Gasteiger partial charge >= 0.3 is 0 Å². The predicted molar refractivity (Wildman–Crippen MR) is 80.2 cm³/mol. The van der Waals surface area contributed by atoms with Gasteiger partial charge in [0, 0.05) is 12.0 Å². The van der Waals surface area contributed by atoms with Gasteiger partial charge in [-0.25, -0.2) is 0 Å². The van der Waals surface area contributed by atoms with E-state index in [0.717, 1.165) is 49.0 Å². The molecule has 2 heterocycles. The number of rotatable bonds is 3. The second-order valence-corrected chi connectivity index (χ2v) is 5.87. The highest BCUT2D eigenvalue weighted by molar-refractivity contribution is 5.60. The van der Waals surface area contributed by atoms with Crippen molar-refractivity contribution < 1.29 is 9.63 Å². The van der Waals surface area contributed by atoms with E-state index in [0.29, 0.717) is 23.4 Å². The van der Waals surface area contributed by atoms with Gasteiger partial charge in [-0.3, -0.25) is 0 Å². The maximum atomic E-state index is 9.83. The topological polar surface area (TPSA) is 71.2 Å². The van der Waals surface area contributed by atoms with Crippen molar-refractivity contribution >= 4 is 0 Å². The Bertz CT molecular complexity index is 607. The first-order valence-corrected chi connectivity index (χ1v) is 7.47. The van der Waals surface area contributed by atoms with Crippen LogP contribution < -0.4 is 5.32 Å². The monoisotopic (exact) mass is 287 g/mol. The van der Waals surface area contributed by atoms with Gasteiger partial charge in [-0.15, -0.1) is 0 Å². The van der Waals surface area contributed by atoms with E-state index in [1.165, 1.54) is 0 Å². The third-order valence-corrected chi connectivity index (χ3v) is 4.14. The van der Waals surface area contributed by atoms with E-state index in [-0.39, 0.29) is 0 Å². The summed E-state index contributed by atoms with van der Waals surface area (Å²) < 4.78 is 5.39. The summed E-state index contributed by atoms with van der Waals surface area (Å²) in [6.45, 7) is 5.90. The number of phenolic OH excluding ortho intramolecular Hbond substituents is 1. The van der Waals surface area contributed by atoms with E-state index < -0.39 is 0 Å². The minimum Gasteiger partial charge on any atom is -0.507 e. The Kier molecular flexibility index (Phi) is 3.92. The fourth-order valence-electron chi connectivity index (χ4n) is 2.87. The van der Waals surface area contributed by atoms with Gasteiger partial charge in [0.2, 0.25) is 11.7 Å². The van der Waals surface area contributed by atoms with Crippen LogP contribution in [0.4, 0.5) is 0 Å². The van der Waals surface area contributed by atoms with E-state index in [9.17, 15) is 5.11 Å². The van der Waals surface area contributed by atoms with Crippen molar-refractivity contribution in [2.24, 2.45) is 5.92 Å². The molecule has 1 aromatic heterocycles. The molecule has 1 aromatic carbocycles. The van der Waals surface area contributed by atoms with Crippen molar-refractivity contribution in [3.05, 3.63) is 29.2 Å². The summed E-state index contributed by atoms with van der Waals surface area (Å²) in [7, 11) is 0. The first-order chi connectivity index (χ1) is 10.1. The summed E-state index contributed by atoms with van der Waals surface area (Å²) in [4.78, 5) is 4.51. The molecule has 2 N–H and O–H groups in total. The van der Waals surface area contributed by atoms with Crippen LogP contribution >= 0.6 is 0 Å². The van der Waals surface area contributed by atoms with Crippen molar-refractivity contribution in [2.75, 3.05) is 13.1 Å². The number of phenols is 1. The predicted octanol–water partition coefficient (Wildman–Crippen LogP) is 2.60. The standard InChI is InChI=1S/C16H21N3O2/c1-10-7-13(8-11(2)15(10)20)16-18-14(21-19-16)9-12-3-5-17-6-4-12/h7-8,12,17,20H,3-6,9H2,1-2H3. The number of aryl methyl sites for hydroxylation is 2. The Morgan fingerprint density at radius 1 is 1.24 bits per heavy atom. The normalized spacial score (nSPS) is 16.3. The number of benzene rings is 1. The number of nitrogens with one attached hydrogen (secondary N) is 1. The molecular weight excluding hydrogens is 266 g/mol. The molecule has 1 aliphatic rings. The zero-order valence-corrected chi connectivity index (χ0v) is 12.5. The van der Waals surface area contributed by atoms with Gasteiger partial charge in [0.05, 0.1) is 0 Å². The number of nitrogens with zero attached hydrogens (tertiary/aromatic N) is 2. The van der Waals surface area contributed by atoms with E-state index >= 15 is 0 Å². The van der Waals surface area contributed by atoms with Crippen molar-refractivity contribution in [2.45, 2.75) is 33.1 Å². The molecule has 1 aliphatic heterocycles. The number of piperidine rings is 1. The van der Waals surface area contributed by atoms with E-state index in [2.05, 4.69) is 15.5 Å². The Labute approximate surface area is 124 Å². The van der Waals surface area contributed by atoms with Crippen LogP contribution in [-0.4, -0.2) is 28.3 Å². The lowest BCUT2D eigenvalue weighted by Crippen LogP contribution is -2.28. The smallest absolute Gasteiger partial charge is 0.227 e. The van der Waals surface area contributed by atoms with Crippen LogP contribution in [0.5, 0.6) is 5.75 Å². The van der Waals surface area contributed by atoms with Crippen LogP contribution in [0, 0.1) is 19.8 Å². The fourth-order valence-corrected chi connectivity index (χ4v) is 2.87. The molecule has 0 atom stereocenters. The fraction of sp³-hybridized carbons (Fsp3) is 0.500.